The van der Waals surface area contributed by atoms with Crippen LogP contribution in [0.2, 0.25) is 5.02 Å². The molecule has 128 valence electrons. The zero-order valence-electron chi connectivity index (χ0n) is 14.1. The van der Waals surface area contributed by atoms with Gasteiger partial charge < -0.3 is 15.4 Å². The third-order valence-electron chi connectivity index (χ3n) is 3.82. The molecule has 3 rings (SSSR count). The van der Waals surface area contributed by atoms with Gasteiger partial charge >= 0.3 is 0 Å². The maximum Gasteiger partial charge on any atom is 0.224 e. The molecular weight excluding hydrogens is 336 g/mol. The first-order valence-corrected chi connectivity index (χ1v) is 8.26. The van der Waals surface area contributed by atoms with Crippen molar-refractivity contribution in [2.75, 3.05) is 17.7 Å². The highest BCUT2D eigenvalue weighted by Crippen LogP contribution is 2.25. The molecule has 2 aromatic carbocycles. The summed E-state index contributed by atoms with van der Waals surface area (Å²) in [5.41, 5.74) is 2.94. The highest BCUT2D eigenvalue weighted by molar-refractivity contribution is 6.31. The van der Waals surface area contributed by atoms with Crippen molar-refractivity contribution >= 4 is 29.1 Å². The lowest BCUT2D eigenvalue weighted by Crippen LogP contribution is -2.06. The fourth-order valence-corrected chi connectivity index (χ4v) is 2.59. The first kappa shape index (κ1) is 17.0. The summed E-state index contributed by atoms with van der Waals surface area (Å²) in [6, 6.07) is 15.4. The minimum absolute atomic E-state index is 0.538. The molecular formula is C19H19ClN4O. The van der Waals surface area contributed by atoms with Crippen molar-refractivity contribution in [2.45, 2.75) is 13.5 Å². The summed E-state index contributed by atoms with van der Waals surface area (Å²) in [5, 5.41) is 7.21. The average molecular weight is 355 g/mol. The zero-order chi connectivity index (χ0) is 17.6. The van der Waals surface area contributed by atoms with Crippen LogP contribution in [-0.4, -0.2) is 17.1 Å². The van der Waals surface area contributed by atoms with E-state index in [1.54, 1.807) is 13.3 Å². The summed E-state index contributed by atoms with van der Waals surface area (Å²) >= 11 is 6.16. The van der Waals surface area contributed by atoms with E-state index in [1.807, 2.05) is 55.5 Å². The maximum atomic E-state index is 6.16. The minimum Gasteiger partial charge on any atom is -0.496 e. The second-order valence-corrected chi connectivity index (χ2v) is 5.88. The number of aromatic nitrogens is 2. The number of ether oxygens (including phenoxy) is 1. The van der Waals surface area contributed by atoms with Crippen molar-refractivity contribution < 1.29 is 4.74 Å². The number of nitrogens with zero attached hydrogens (tertiary/aromatic N) is 2. The lowest BCUT2D eigenvalue weighted by atomic mass is 10.2. The van der Waals surface area contributed by atoms with E-state index in [4.69, 9.17) is 16.3 Å². The van der Waals surface area contributed by atoms with Gasteiger partial charge in [-0.1, -0.05) is 35.9 Å². The van der Waals surface area contributed by atoms with Crippen molar-refractivity contribution in [2.24, 2.45) is 0 Å². The topological polar surface area (TPSA) is 59.1 Å². The fourth-order valence-electron chi connectivity index (χ4n) is 2.42. The van der Waals surface area contributed by atoms with Gasteiger partial charge in [-0.15, -0.1) is 0 Å². The predicted octanol–water partition coefficient (Wildman–Crippen LogP) is 4.80. The van der Waals surface area contributed by atoms with Crippen LogP contribution in [0.5, 0.6) is 5.75 Å². The molecule has 0 aliphatic rings. The van der Waals surface area contributed by atoms with Crippen molar-refractivity contribution in [3.8, 4) is 5.75 Å². The molecule has 3 aromatic rings. The number of hydrogen-bond acceptors (Lipinski definition) is 5. The molecule has 0 amide bonds. The fraction of sp³-hybridized carbons (Fsp3) is 0.158. The molecule has 1 aromatic heterocycles. The molecule has 2 N–H and O–H groups in total. The first-order valence-electron chi connectivity index (χ1n) is 7.88. The smallest absolute Gasteiger partial charge is 0.224 e. The van der Waals surface area contributed by atoms with Gasteiger partial charge in [0.15, 0.2) is 0 Å². The molecule has 0 atom stereocenters. The van der Waals surface area contributed by atoms with Crippen LogP contribution >= 0.6 is 11.6 Å². The number of hydrogen-bond donors (Lipinski definition) is 2. The van der Waals surface area contributed by atoms with Gasteiger partial charge in [-0.3, -0.25) is 0 Å². The standard InChI is InChI=1S/C19H19ClN4O/c1-13-15(20)7-5-8-16(13)23-18-10-11-21-19(24-18)22-12-14-6-3-4-9-17(14)25-2/h3-11H,12H2,1-2H3,(H2,21,22,23,24). The molecule has 0 aliphatic heterocycles. The number of nitrogens with one attached hydrogen (secondary N) is 2. The van der Waals surface area contributed by atoms with Crippen LogP contribution in [0.25, 0.3) is 0 Å². The van der Waals surface area contributed by atoms with Gasteiger partial charge in [0.1, 0.15) is 11.6 Å². The molecule has 0 aliphatic carbocycles. The van der Waals surface area contributed by atoms with Gasteiger partial charge in [-0.2, -0.15) is 4.98 Å². The molecule has 0 unspecified atom stereocenters. The molecule has 5 nitrogen and oxygen atoms in total. The number of methoxy groups -OCH3 is 1. The Morgan fingerprint density at radius 2 is 1.92 bits per heavy atom. The summed E-state index contributed by atoms with van der Waals surface area (Å²) in [6.45, 7) is 2.54. The van der Waals surface area contributed by atoms with E-state index in [9.17, 15) is 0 Å². The summed E-state index contributed by atoms with van der Waals surface area (Å²) in [6.07, 6.45) is 1.71. The van der Waals surface area contributed by atoms with E-state index >= 15 is 0 Å². The molecule has 0 saturated heterocycles. The lowest BCUT2D eigenvalue weighted by Gasteiger charge is -2.12. The van der Waals surface area contributed by atoms with Crippen molar-refractivity contribution in [1.82, 2.24) is 9.97 Å². The van der Waals surface area contributed by atoms with Gasteiger partial charge in [0.25, 0.3) is 0 Å². The van der Waals surface area contributed by atoms with Crippen molar-refractivity contribution in [1.29, 1.82) is 0 Å². The predicted molar refractivity (Wildman–Crippen MR) is 102 cm³/mol. The van der Waals surface area contributed by atoms with Crippen LogP contribution in [0.1, 0.15) is 11.1 Å². The Kier molecular flexibility index (Phi) is 5.36. The summed E-state index contributed by atoms with van der Waals surface area (Å²) in [7, 11) is 1.66. The Hall–Kier alpha value is -2.79. The number of halogens is 1. The van der Waals surface area contributed by atoms with Gasteiger partial charge in [-0.05, 0) is 36.8 Å². The molecule has 0 saturated carbocycles. The third-order valence-corrected chi connectivity index (χ3v) is 4.22. The van der Waals surface area contributed by atoms with E-state index in [0.29, 0.717) is 23.3 Å². The van der Waals surface area contributed by atoms with Gasteiger partial charge in [0.05, 0.1) is 7.11 Å². The minimum atomic E-state index is 0.538. The van der Waals surface area contributed by atoms with Crippen LogP contribution in [-0.2, 0) is 6.54 Å². The number of rotatable bonds is 6. The highest BCUT2D eigenvalue weighted by Gasteiger charge is 2.06. The van der Waals surface area contributed by atoms with Gasteiger partial charge in [-0.25, -0.2) is 4.98 Å². The van der Waals surface area contributed by atoms with E-state index in [2.05, 4.69) is 20.6 Å². The maximum absolute atomic E-state index is 6.16. The summed E-state index contributed by atoms with van der Waals surface area (Å²) in [5.74, 6) is 2.07. The Bertz CT molecular complexity index is 870. The quantitative estimate of drug-likeness (QED) is 0.665. The second-order valence-electron chi connectivity index (χ2n) is 5.47. The molecule has 0 bridgehead atoms. The SMILES string of the molecule is COc1ccccc1CNc1nccc(Nc2cccc(Cl)c2C)n1. The largest absolute Gasteiger partial charge is 0.496 e. The van der Waals surface area contributed by atoms with Crippen molar-refractivity contribution in [3.63, 3.8) is 0 Å². The molecule has 0 radical (unpaired) electrons. The lowest BCUT2D eigenvalue weighted by molar-refractivity contribution is 0.410. The van der Waals surface area contributed by atoms with Crippen LogP contribution in [0.15, 0.2) is 54.7 Å². The Morgan fingerprint density at radius 3 is 2.76 bits per heavy atom. The monoisotopic (exact) mass is 354 g/mol. The Balaban J connectivity index is 1.72. The molecule has 0 fully saturated rings. The highest BCUT2D eigenvalue weighted by atomic mass is 35.5. The Morgan fingerprint density at radius 1 is 1.08 bits per heavy atom. The molecule has 0 spiro atoms. The normalized spacial score (nSPS) is 10.4. The van der Waals surface area contributed by atoms with E-state index < -0.39 is 0 Å². The number of benzene rings is 2. The number of para-hydroxylation sites is 1. The number of anilines is 3. The zero-order valence-corrected chi connectivity index (χ0v) is 14.8. The van der Waals surface area contributed by atoms with E-state index in [-0.39, 0.29) is 0 Å². The molecule has 25 heavy (non-hydrogen) atoms. The summed E-state index contributed by atoms with van der Waals surface area (Å²) in [4.78, 5) is 8.75. The van der Waals surface area contributed by atoms with Gasteiger partial charge in [0, 0.05) is 29.0 Å². The molecule has 6 heteroatoms. The average Bonchev–Trinajstić information content (AvgIpc) is 2.64. The van der Waals surface area contributed by atoms with Gasteiger partial charge in [0.2, 0.25) is 5.95 Å². The summed E-state index contributed by atoms with van der Waals surface area (Å²) < 4.78 is 5.36. The van der Waals surface area contributed by atoms with Crippen molar-refractivity contribution in [3.05, 3.63) is 70.9 Å². The second kappa shape index (κ2) is 7.85. The van der Waals surface area contributed by atoms with E-state index in [0.717, 1.165) is 22.6 Å². The molecule has 1 heterocycles. The third kappa shape index (κ3) is 4.19. The van der Waals surface area contributed by atoms with Crippen LogP contribution in [0, 0.1) is 6.92 Å². The van der Waals surface area contributed by atoms with Crippen LogP contribution < -0.4 is 15.4 Å². The van der Waals surface area contributed by atoms with Crippen LogP contribution in [0.4, 0.5) is 17.5 Å². The van der Waals surface area contributed by atoms with Crippen LogP contribution in [0.3, 0.4) is 0 Å². The Labute approximate surface area is 152 Å². The van der Waals surface area contributed by atoms with E-state index in [1.165, 1.54) is 0 Å². The first-order chi connectivity index (χ1) is 12.2.